The van der Waals surface area contributed by atoms with Crippen molar-refractivity contribution in [2.75, 3.05) is 13.1 Å². The minimum atomic E-state index is -3.34. The third-order valence-corrected chi connectivity index (χ3v) is 7.72. The van der Waals surface area contributed by atoms with Crippen LogP contribution in [0.2, 0.25) is 0 Å². The highest BCUT2D eigenvalue weighted by atomic mass is 32.2. The van der Waals surface area contributed by atoms with Gasteiger partial charge in [0.2, 0.25) is 10.0 Å². The van der Waals surface area contributed by atoms with E-state index in [9.17, 15) is 13.5 Å². The van der Waals surface area contributed by atoms with E-state index in [1.807, 2.05) is 24.7 Å². The zero-order chi connectivity index (χ0) is 17.8. The average molecular weight is 361 g/mol. The first kappa shape index (κ1) is 16.8. The molecule has 1 fully saturated rings. The van der Waals surface area contributed by atoms with Gasteiger partial charge < -0.3 is 9.67 Å². The van der Waals surface area contributed by atoms with Gasteiger partial charge in [0, 0.05) is 24.6 Å². The Kier molecular flexibility index (Phi) is 3.97. The number of β-amino-alcohol motifs (C(OH)–C–C–N with tert-alkyl or cyclic N) is 1. The molecule has 7 heteroatoms. The zero-order valence-corrected chi connectivity index (χ0v) is 15.2. The van der Waals surface area contributed by atoms with Crippen LogP contribution in [0.1, 0.15) is 31.9 Å². The maximum absolute atomic E-state index is 12.4. The molecular weight excluding hydrogens is 338 g/mol. The lowest BCUT2D eigenvalue weighted by Crippen LogP contribution is -2.50. The molecular formula is C18H23N3O3S. The number of sulfonamides is 1. The van der Waals surface area contributed by atoms with Gasteiger partial charge >= 0.3 is 0 Å². The lowest BCUT2D eigenvalue weighted by atomic mass is 9.84. The summed E-state index contributed by atoms with van der Waals surface area (Å²) in [4.78, 5) is 4.27. The summed E-state index contributed by atoms with van der Waals surface area (Å²) in [5, 5.41) is 10.3. The zero-order valence-electron chi connectivity index (χ0n) is 14.4. The molecule has 3 atom stereocenters. The first-order valence-electron chi connectivity index (χ1n) is 8.69. The number of aliphatic hydroxyl groups excluding tert-OH is 1. The fourth-order valence-electron chi connectivity index (χ4n) is 4.13. The Morgan fingerprint density at radius 3 is 2.76 bits per heavy atom. The topological polar surface area (TPSA) is 75.4 Å². The summed E-state index contributed by atoms with van der Waals surface area (Å²) in [6, 6.07) is 8.20. The largest absolute Gasteiger partial charge is 0.391 e. The number of piperidine rings is 1. The second kappa shape index (κ2) is 5.93. The van der Waals surface area contributed by atoms with Crippen LogP contribution in [0.15, 0.2) is 36.8 Å². The van der Waals surface area contributed by atoms with E-state index >= 15 is 0 Å². The standard InChI is InChI=1S/C18H23N3O3S/c1-12(2)25(23,24)20-8-7-15(17(22)10-20)18-14-6-4-3-5-13(14)16-9-19-11-21(16)18/h3-6,9,11-12,15,17-18,22H,7-8,10H2,1-2H3/t15-,17-,18+/m0/s1. The lowest BCUT2D eigenvalue weighted by molar-refractivity contribution is 0.0341. The maximum atomic E-state index is 12.4. The van der Waals surface area contributed by atoms with Crippen molar-refractivity contribution in [3.05, 3.63) is 42.4 Å². The summed E-state index contributed by atoms with van der Waals surface area (Å²) in [5.41, 5.74) is 3.39. The van der Waals surface area contributed by atoms with Gasteiger partial charge in [-0.15, -0.1) is 0 Å². The van der Waals surface area contributed by atoms with Crippen LogP contribution in [-0.4, -0.2) is 51.8 Å². The molecule has 2 aliphatic rings. The maximum Gasteiger partial charge on any atom is 0.216 e. The summed E-state index contributed by atoms with van der Waals surface area (Å²) in [6.07, 6.45) is 3.59. The quantitative estimate of drug-likeness (QED) is 0.906. The summed E-state index contributed by atoms with van der Waals surface area (Å²) < 4.78 is 28.4. The van der Waals surface area contributed by atoms with Crippen LogP contribution in [0.5, 0.6) is 0 Å². The van der Waals surface area contributed by atoms with E-state index in [1.54, 1.807) is 13.8 Å². The minimum Gasteiger partial charge on any atom is -0.391 e. The monoisotopic (exact) mass is 361 g/mol. The molecule has 6 nitrogen and oxygen atoms in total. The summed E-state index contributed by atoms with van der Waals surface area (Å²) in [5.74, 6) is -0.0322. The van der Waals surface area contributed by atoms with Crippen LogP contribution in [0.4, 0.5) is 0 Å². The number of imidazole rings is 1. The van der Waals surface area contributed by atoms with Gasteiger partial charge in [-0.1, -0.05) is 24.3 Å². The van der Waals surface area contributed by atoms with Crippen molar-refractivity contribution in [1.82, 2.24) is 13.9 Å². The van der Waals surface area contributed by atoms with Crippen LogP contribution < -0.4 is 0 Å². The smallest absolute Gasteiger partial charge is 0.216 e. The number of nitrogens with zero attached hydrogens (tertiary/aromatic N) is 3. The number of hydrogen-bond donors (Lipinski definition) is 1. The van der Waals surface area contributed by atoms with Gasteiger partial charge in [-0.3, -0.25) is 0 Å². The van der Waals surface area contributed by atoms with Crippen LogP contribution in [0.25, 0.3) is 11.3 Å². The molecule has 0 amide bonds. The fourth-order valence-corrected chi connectivity index (χ4v) is 5.44. The first-order valence-corrected chi connectivity index (χ1v) is 10.2. The van der Waals surface area contributed by atoms with Crippen molar-refractivity contribution in [1.29, 1.82) is 0 Å². The second-order valence-electron chi connectivity index (χ2n) is 7.19. The number of aliphatic hydroxyl groups is 1. The molecule has 4 rings (SSSR count). The van der Waals surface area contributed by atoms with E-state index in [-0.39, 0.29) is 18.5 Å². The molecule has 134 valence electrons. The molecule has 1 aromatic heterocycles. The number of hydrogen-bond acceptors (Lipinski definition) is 4. The number of aromatic nitrogens is 2. The molecule has 1 N–H and O–H groups in total. The van der Waals surface area contributed by atoms with Crippen molar-refractivity contribution >= 4 is 10.0 Å². The van der Waals surface area contributed by atoms with E-state index in [2.05, 4.69) is 21.7 Å². The Bertz CT molecular complexity index is 890. The Balaban J connectivity index is 1.65. The average Bonchev–Trinajstić information content (AvgIpc) is 3.16. The van der Waals surface area contributed by atoms with E-state index in [4.69, 9.17) is 0 Å². The summed E-state index contributed by atoms with van der Waals surface area (Å²) in [7, 11) is -3.34. The van der Waals surface area contributed by atoms with Gasteiger partial charge in [0.05, 0.1) is 35.6 Å². The normalized spacial score (nSPS) is 26.6. The Morgan fingerprint density at radius 1 is 1.28 bits per heavy atom. The third-order valence-electron chi connectivity index (χ3n) is 5.48. The van der Waals surface area contributed by atoms with Crippen LogP contribution in [-0.2, 0) is 10.0 Å². The molecule has 0 bridgehead atoms. The van der Waals surface area contributed by atoms with Crippen molar-refractivity contribution in [2.45, 2.75) is 37.7 Å². The minimum absolute atomic E-state index is 0.00704. The molecule has 0 radical (unpaired) electrons. The van der Waals surface area contributed by atoms with E-state index in [0.717, 1.165) is 11.3 Å². The van der Waals surface area contributed by atoms with Crippen LogP contribution in [0.3, 0.4) is 0 Å². The van der Waals surface area contributed by atoms with Gasteiger partial charge in [0.15, 0.2) is 0 Å². The van der Waals surface area contributed by atoms with Gasteiger partial charge in [-0.25, -0.2) is 13.4 Å². The predicted octanol–water partition coefficient (Wildman–Crippen LogP) is 1.87. The SMILES string of the molecule is CC(C)S(=O)(=O)N1CC[C@H]([C@H]2c3ccccc3-c3cncn32)[C@@H](O)C1. The highest BCUT2D eigenvalue weighted by Gasteiger charge is 2.42. The molecule has 0 unspecified atom stereocenters. The first-order chi connectivity index (χ1) is 11.9. The van der Waals surface area contributed by atoms with E-state index < -0.39 is 21.4 Å². The number of benzene rings is 1. The van der Waals surface area contributed by atoms with E-state index in [0.29, 0.717) is 13.0 Å². The Morgan fingerprint density at radius 2 is 2.04 bits per heavy atom. The molecule has 0 spiro atoms. The van der Waals surface area contributed by atoms with Gasteiger partial charge in [-0.05, 0) is 25.8 Å². The molecule has 0 aliphatic carbocycles. The van der Waals surface area contributed by atoms with Crippen LogP contribution >= 0.6 is 0 Å². The van der Waals surface area contributed by atoms with Crippen molar-refractivity contribution < 1.29 is 13.5 Å². The van der Waals surface area contributed by atoms with Gasteiger partial charge in [-0.2, -0.15) is 4.31 Å². The molecule has 25 heavy (non-hydrogen) atoms. The number of fused-ring (bicyclic) bond motifs is 3. The molecule has 2 aromatic rings. The van der Waals surface area contributed by atoms with Gasteiger partial charge in [0.1, 0.15) is 0 Å². The molecule has 1 aromatic carbocycles. The van der Waals surface area contributed by atoms with E-state index in [1.165, 1.54) is 9.87 Å². The molecule has 1 saturated heterocycles. The molecule has 3 heterocycles. The van der Waals surface area contributed by atoms with Crippen molar-refractivity contribution in [3.63, 3.8) is 0 Å². The molecule has 0 saturated carbocycles. The van der Waals surface area contributed by atoms with Crippen molar-refractivity contribution in [3.8, 4) is 11.3 Å². The highest BCUT2D eigenvalue weighted by molar-refractivity contribution is 7.89. The third kappa shape index (κ3) is 2.53. The van der Waals surface area contributed by atoms with Crippen LogP contribution in [0, 0.1) is 5.92 Å². The predicted molar refractivity (Wildman–Crippen MR) is 95.5 cm³/mol. The highest BCUT2D eigenvalue weighted by Crippen LogP contribution is 2.45. The summed E-state index contributed by atoms with van der Waals surface area (Å²) >= 11 is 0. The fraction of sp³-hybridized carbons (Fsp3) is 0.500. The summed E-state index contributed by atoms with van der Waals surface area (Å²) in [6.45, 7) is 3.97. The second-order valence-corrected chi connectivity index (χ2v) is 9.68. The Labute approximate surface area is 148 Å². The lowest BCUT2D eigenvalue weighted by Gasteiger charge is -2.39. The van der Waals surface area contributed by atoms with Crippen molar-refractivity contribution in [2.24, 2.45) is 5.92 Å². The van der Waals surface area contributed by atoms with Gasteiger partial charge in [0.25, 0.3) is 0 Å². The Hall–Kier alpha value is -1.70. The molecule has 2 aliphatic heterocycles. The number of rotatable bonds is 3.